The van der Waals surface area contributed by atoms with Gasteiger partial charge < -0.3 is 14.2 Å². The molecular weight excluding hydrogens is 296 g/mol. The third-order valence-corrected chi connectivity index (χ3v) is 3.76. The van der Waals surface area contributed by atoms with Crippen LogP contribution in [0.1, 0.15) is 5.56 Å². The van der Waals surface area contributed by atoms with Gasteiger partial charge in [0.05, 0.1) is 6.20 Å². The molecule has 1 aliphatic heterocycles. The zero-order chi connectivity index (χ0) is 14.9. The van der Waals surface area contributed by atoms with E-state index in [1.807, 2.05) is 12.1 Å². The average Bonchev–Trinajstić information content (AvgIpc) is 2.92. The molecule has 2 heterocycles. The van der Waals surface area contributed by atoms with Crippen molar-refractivity contribution in [3.8, 4) is 17.4 Å². The first-order valence-electron chi connectivity index (χ1n) is 6.02. The number of benzene rings is 1. The lowest BCUT2D eigenvalue weighted by Crippen LogP contribution is -2.12. The zero-order valence-electron chi connectivity index (χ0n) is 10.9. The van der Waals surface area contributed by atoms with Crippen LogP contribution in [0.25, 0.3) is 0 Å². The molecule has 1 aromatic heterocycles. The molecule has 0 bridgehead atoms. The first kappa shape index (κ1) is 13.7. The van der Waals surface area contributed by atoms with Crippen molar-refractivity contribution in [3.63, 3.8) is 0 Å². The molecule has 0 fully saturated rings. The van der Waals surface area contributed by atoms with Gasteiger partial charge in [-0.2, -0.15) is 0 Å². The highest BCUT2D eigenvalue weighted by molar-refractivity contribution is 7.89. The molecule has 0 spiro atoms. The summed E-state index contributed by atoms with van der Waals surface area (Å²) in [5, 5.41) is 4.99. The topological polar surface area (TPSA) is 101 Å². The van der Waals surface area contributed by atoms with E-state index in [9.17, 15) is 8.42 Å². The maximum atomic E-state index is 11.1. The van der Waals surface area contributed by atoms with Gasteiger partial charge in [-0.1, -0.05) is 6.07 Å². The van der Waals surface area contributed by atoms with Crippen molar-refractivity contribution in [2.45, 2.75) is 11.5 Å². The van der Waals surface area contributed by atoms with E-state index < -0.39 is 10.0 Å². The fraction of sp³-hybridized carbons (Fsp3) is 0.154. The monoisotopic (exact) mass is 308 g/mol. The summed E-state index contributed by atoms with van der Waals surface area (Å²) in [5.74, 6) is 1.68. The predicted octanol–water partition coefficient (Wildman–Crippen LogP) is 1.04. The molecule has 0 atom stereocenters. The molecule has 0 saturated carbocycles. The van der Waals surface area contributed by atoms with E-state index >= 15 is 0 Å². The Kier molecular flexibility index (Phi) is 3.40. The molecule has 8 heteroatoms. The SMILES string of the molecule is NS(=O)(=O)c1ccc(OCc2ccc3c(c2)OCO3)nc1. The Morgan fingerprint density at radius 3 is 2.71 bits per heavy atom. The molecule has 3 rings (SSSR count). The molecule has 0 radical (unpaired) electrons. The third kappa shape index (κ3) is 3.06. The first-order valence-corrected chi connectivity index (χ1v) is 7.57. The Bertz CT molecular complexity index is 759. The third-order valence-electron chi connectivity index (χ3n) is 2.86. The number of ether oxygens (including phenoxy) is 3. The Balaban J connectivity index is 1.68. The number of pyridine rings is 1. The molecule has 2 aromatic rings. The van der Waals surface area contributed by atoms with Gasteiger partial charge in [-0.05, 0) is 23.8 Å². The van der Waals surface area contributed by atoms with E-state index in [1.165, 1.54) is 12.1 Å². The number of sulfonamides is 1. The number of nitrogens with two attached hydrogens (primary N) is 1. The van der Waals surface area contributed by atoms with E-state index in [2.05, 4.69) is 4.98 Å². The lowest BCUT2D eigenvalue weighted by Gasteiger charge is -2.06. The molecule has 0 amide bonds. The molecule has 7 nitrogen and oxygen atoms in total. The summed E-state index contributed by atoms with van der Waals surface area (Å²) in [5.41, 5.74) is 0.886. The number of nitrogens with zero attached hydrogens (tertiary/aromatic N) is 1. The van der Waals surface area contributed by atoms with Crippen LogP contribution in [0.3, 0.4) is 0 Å². The van der Waals surface area contributed by atoms with E-state index in [-0.39, 0.29) is 18.3 Å². The fourth-order valence-electron chi connectivity index (χ4n) is 1.81. The second-order valence-electron chi connectivity index (χ2n) is 4.35. The Labute approximate surface area is 121 Å². The quantitative estimate of drug-likeness (QED) is 0.905. The van der Waals surface area contributed by atoms with Crippen LogP contribution in [0.2, 0.25) is 0 Å². The smallest absolute Gasteiger partial charge is 0.239 e. The summed E-state index contributed by atoms with van der Waals surface area (Å²) < 4.78 is 38.2. The van der Waals surface area contributed by atoms with Crippen LogP contribution in [0.5, 0.6) is 17.4 Å². The highest BCUT2D eigenvalue weighted by atomic mass is 32.2. The minimum atomic E-state index is -3.74. The van der Waals surface area contributed by atoms with E-state index in [4.69, 9.17) is 19.3 Å². The highest BCUT2D eigenvalue weighted by Crippen LogP contribution is 2.32. The van der Waals surface area contributed by atoms with Crippen molar-refractivity contribution in [1.29, 1.82) is 0 Å². The molecule has 0 unspecified atom stereocenters. The Morgan fingerprint density at radius 2 is 2.00 bits per heavy atom. The maximum Gasteiger partial charge on any atom is 0.239 e. The van der Waals surface area contributed by atoms with Gasteiger partial charge in [0.15, 0.2) is 11.5 Å². The minimum Gasteiger partial charge on any atom is -0.473 e. The van der Waals surface area contributed by atoms with Crippen molar-refractivity contribution in [3.05, 3.63) is 42.1 Å². The molecule has 110 valence electrons. The molecular formula is C13H12N2O5S. The second-order valence-corrected chi connectivity index (χ2v) is 5.91. The van der Waals surface area contributed by atoms with Crippen molar-refractivity contribution in [1.82, 2.24) is 4.98 Å². The van der Waals surface area contributed by atoms with Crippen LogP contribution >= 0.6 is 0 Å². The van der Waals surface area contributed by atoms with Gasteiger partial charge in [-0.15, -0.1) is 0 Å². The number of fused-ring (bicyclic) bond motifs is 1. The number of hydrogen-bond donors (Lipinski definition) is 1. The van der Waals surface area contributed by atoms with Crippen LogP contribution in [-0.4, -0.2) is 20.2 Å². The fourth-order valence-corrected chi connectivity index (χ4v) is 2.27. The van der Waals surface area contributed by atoms with Crippen LogP contribution in [-0.2, 0) is 16.6 Å². The van der Waals surface area contributed by atoms with Crippen LogP contribution in [0, 0.1) is 0 Å². The lowest BCUT2D eigenvalue weighted by molar-refractivity contribution is 0.174. The van der Waals surface area contributed by atoms with Gasteiger partial charge in [-0.25, -0.2) is 18.5 Å². The number of aromatic nitrogens is 1. The van der Waals surface area contributed by atoms with Gasteiger partial charge in [0.25, 0.3) is 0 Å². The molecule has 1 aromatic carbocycles. The second kappa shape index (κ2) is 5.23. The van der Waals surface area contributed by atoms with Crippen molar-refractivity contribution in [2.75, 3.05) is 6.79 Å². The van der Waals surface area contributed by atoms with Crippen LogP contribution in [0.15, 0.2) is 41.4 Å². The Hall–Kier alpha value is -2.32. The largest absolute Gasteiger partial charge is 0.473 e. The number of primary sulfonamides is 1. The van der Waals surface area contributed by atoms with E-state index in [0.29, 0.717) is 17.4 Å². The van der Waals surface area contributed by atoms with Gasteiger partial charge in [0.2, 0.25) is 22.7 Å². The zero-order valence-corrected chi connectivity index (χ0v) is 11.7. The van der Waals surface area contributed by atoms with Gasteiger partial charge in [0.1, 0.15) is 11.5 Å². The maximum absolute atomic E-state index is 11.1. The molecule has 0 saturated heterocycles. The first-order chi connectivity index (χ1) is 10.0. The number of rotatable bonds is 4. The van der Waals surface area contributed by atoms with Crippen LogP contribution in [0.4, 0.5) is 0 Å². The van der Waals surface area contributed by atoms with E-state index in [0.717, 1.165) is 11.8 Å². The predicted molar refractivity (Wildman–Crippen MR) is 72.5 cm³/mol. The van der Waals surface area contributed by atoms with Gasteiger partial charge in [-0.3, -0.25) is 0 Å². The summed E-state index contributed by atoms with van der Waals surface area (Å²) in [7, 11) is -3.74. The molecule has 1 aliphatic rings. The Morgan fingerprint density at radius 1 is 1.19 bits per heavy atom. The highest BCUT2D eigenvalue weighted by Gasteiger charge is 2.13. The summed E-state index contributed by atoms with van der Waals surface area (Å²) >= 11 is 0. The summed E-state index contributed by atoms with van der Waals surface area (Å²) in [6.07, 6.45) is 1.16. The van der Waals surface area contributed by atoms with Crippen molar-refractivity contribution < 1.29 is 22.6 Å². The summed E-state index contributed by atoms with van der Waals surface area (Å²) in [4.78, 5) is 3.84. The van der Waals surface area contributed by atoms with Gasteiger partial charge in [0, 0.05) is 6.07 Å². The van der Waals surface area contributed by atoms with Crippen molar-refractivity contribution >= 4 is 10.0 Å². The van der Waals surface area contributed by atoms with Crippen molar-refractivity contribution in [2.24, 2.45) is 5.14 Å². The summed E-state index contributed by atoms with van der Waals surface area (Å²) in [6.45, 7) is 0.495. The average molecular weight is 308 g/mol. The number of hydrogen-bond acceptors (Lipinski definition) is 6. The molecule has 2 N–H and O–H groups in total. The molecule has 0 aliphatic carbocycles. The normalized spacial score (nSPS) is 13.2. The minimum absolute atomic E-state index is 0.0575. The summed E-state index contributed by atoms with van der Waals surface area (Å²) in [6, 6.07) is 8.27. The lowest BCUT2D eigenvalue weighted by atomic mass is 10.2. The molecule has 21 heavy (non-hydrogen) atoms. The van der Waals surface area contributed by atoms with Crippen LogP contribution < -0.4 is 19.3 Å². The van der Waals surface area contributed by atoms with Gasteiger partial charge >= 0.3 is 0 Å². The van der Waals surface area contributed by atoms with E-state index in [1.54, 1.807) is 6.07 Å². The standard InChI is InChI=1S/C13H12N2O5S/c14-21(16,17)10-2-4-13(15-6-10)18-7-9-1-3-11-12(5-9)20-8-19-11/h1-6H,7-8H2,(H2,14,16,17).